The summed E-state index contributed by atoms with van der Waals surface area (Å²) in [4.78, 5) is 12.3. The molecule has 0 atom stereocenters. The van der Waals surface area contributed by atoms with Gasteiger partial charge >= 0.3 is 0 Å². The largest absolute Gasteiger partial charge is 0.329 e. The summed E-state index contributed by atoms with van der Waals surface area (Å²) in [5, 5.41) is 0. The topological polar surface area (TPSA) is 43.1 Å². The molecule has 0 saturated heterocycles. The number of hydrogen-bond donors (Lipinski definition) is 1. The summed E-state index contributed by atoms with van der Waals surface area (Å²) in [5.41, 5.74) is 6.48. The van der Waals surface area contributed by atoms with Gasteiger partial charge in [-0.25, -0.2) is 0 Å². The van der Waals surface area contributed by atoms with E-state index in [1.807, 2.05) is 38.1 Å². The standard InChI is InChI=1S/C14H20BrNO/c1-3-14(4-2,10-16)13(17)9-11-6-5-7-12(15)8-11/h5-8H,3-4,9-10,16H2,1-2H3. The summed E-state index contributed by atoms with van der Waals surface area (Å²) >= 11 is 3.42. The molecule has 0 spiro atoms. The molecule has 0 heterocycles. The Morgan fingerprint density at radius 1 is 1.35 bits per heavy atom. The number of hydrogen-bond acceptors (Lipinski definition) is 2. The van der Waals surface area contributed by atoms with Gasteiger partial charge in [0.05, 0.1) is 0 Å². The Morgan fingerprint density at radius 3 is 2.47 bits per heavy atom. The minimum atomic E-state index is -0.345. The third-order valence-electron chi connectivity index (χ3n) is 3.59. The van der Waals surface area contributed by atoms with E-state index < -0.39 is 0 Å². The van der Waals surface area contributed by atoms with Crippen LogP contribution in [0.5, 0.6) is 0 Å². The van der Waals surface area contributed by atoms with Crippen LogP contribution in [0, 0.1) is 5.41 Å². The number of ketones is 1. The maximum Gasteiger partial charge on any atom is 0.144 e. The van der Waals surface area contributed by atoms with Gasteiger partial charge in [0.1, 0.15) is 5.78 Å². The third-order valence-corrected chi connectivity index (χ3v) is 4.08. The van der Waals surface area contributed by atoms with Crippen LogP contribution in [0.4, 0.5) is 0 Å². The highest BCUT2D eigenvalue weighted by Crippen LogP contribution is 2.28. The highest BCUT2D eigenvalue weighted by atomic mass is 79.9. The van der Waals surface area contributed by atoms with Crippen LogP contribution >= 0.6 is 15.9 Å². The molecule has 0 aliphatic heterocycles. The van der Waals surface area contributed by atoms with Crippen molar-refractivity contribution >= 4 is 21.7 Å². The molecule has 94 valence electrons. The SMILES string of the molecule is CCC(CC)(CN)C(=O)Cc1cccc(Br)c1. The van der Waals surface area contributed by atoms with Gasteiger partial charge in [-0.1, -0.05) is 41.9 Å². The first-order valence-corrected chi connectivity index (χ1v) is 6.85. The molecule has 0 unspecified atom stereocenters. The van der Waals surface area contributed by atoms with Crippen molar-refractivity contribution < 1.29 is 4.79 Å². The minimum absolute atomic E-state index is 0.253. The van der Waals surface area contributed by atoms with Crippen LogP contribution in [-0.4, -0.2) is 12.3 Å². The molecule has 1 rings (SSSR count). The fourth-order valence-corrected chi connectivity index (χ4v) is 2.51. The summed E-state index contributed by atoms with van der Waals surface area (Å²) in [5.74, 6) is 0.253. The van der Waals surface area contributed by atoms with Crippen LogP contribution in [0.15, 0.2) is 28.7 Å². The number of Topliss-reactive ketones (excluding diaryl/α,β-unsaturated/α-hetero) is 1. The Morgan fingerprint density at radius 2 is 2.00 bits per heavy atom. The molecule has 0 aromatic heterocycles. The molecule has 1 aromatic carbocycles. The van der Waals surface area contributed by atoms with E-state index in [2.05, 4.69) is 15.9 Å². The lowest BCUT2D eigenvalue weighted by Gasteiger charge is -2.28. The first-order chi connectivity index (χ1) is 8.07. The van der Waals surface area contributed by atoms with Crippen molar-refractivity contribution in [2.24, 2.45) is 11.1 Å². The van der Waals surface area contributed by atoms with Gasteiger partial charge in [-0.3, -0.25) is 4.79 Å². The Balaban J connectivity index is 2.84. The molecule has 2 N–H and O–H groups in total. The smallest absolute Gasteiger partial charge is 0.144 e. The average molecular weight is 298 g/mol. The van der Waals surface area contributed by atoms with Crippen molar-refractivity contribution in [2.75, 3.05) is 6.54 Å². The predicted octanol–water partition coefficient (Wildman–Crippen LogP) is 3.33. The maximum atomic E-state index is 12.3. The molecule has 17 heavy (non-hydrogen) atoms. The Hall–Kier alpha value is -0.670. The number of carbonyl (C=O) groups is 1. The van der Waals surface area contributed by atoms with Gasteiger partial charge in [0.15, 0.2) is 0 Å². The van der Waals surface area contributed by atoms with Gasteiger partial charge in [0, 0.05) is 22.9 Å². The number of halogens is 1. The van der Waals surface area contributed by atoms with Crippen LogP contribution in [0.3, 0.4) is 0 Å². The van der Waals surface area contributed by atoms with Gasteiger partial charge in [-0.05, 0) is 30.5 Å². The molecule has 0 aliphatic carbocycles. The quantitative estimate of drug-likeness (QED) is 0.875. The second-order valence-electron chi connectivity index (χ2n) is 4.42. The minimum Gasteiger partial charge on any atom is -0.329 e. The first-order valence-electron chi connectivity index (χ1n) is 6.05. The van der Waals surface area contributed by atoms with E-state index >= 15 is 0 Å². The van der Waals surface area contributed by atoms with E-state index in [9.17, 15) is 4.79 Å². The summed E-state index contributed by atoms with van der Waals surface area (Å²) < 4.78 is 1.01. The summed E-state index contributed by atoms with van der Waals surface area (Å²) in [7, 11) is 0. The first kappa shape index (κ1) is 14.4. The molecule has 3 heteroatoms. The maximum absolute atomic E-state index is 12.3. The Bertz CT molecular complexity index is 377. The number of benzene rings is 1. The van der Waals surface area contributed by atoms with E-state index in [1.165, 1.54) is 0 Å². The van der Waals surface area contributed by atoms with E-state index in [-0.39, 0.29) is 11.2 Å². The van der Waals surface area contributed by atoms with Crippen molar-refractivity contribution in [3.63, 3.8) is 0 Å². The fraction of sp³-hybridized carbons (Fsp3) is 0.500. The van der Waals surface area contributed by atoms with Gasteiger partial charge < -0.3 is 5.73 Å². The lowest BCUT2D eigenvalue weighted by molar-refractivity contribution is -0.128. The molecular weight excluding hydrogens is 278 g/mol. The monoisotopic (exact) mass is 297 g/mol. The Kier molecular flexibility index (Phi) is 5.34. The summed E-state index contributed by atoms with van der Waals surface area (Å²) in [6.07, 6.45) is 2.10. The van der Waals surface area contributed by atoms with E-state index in [4.69, 9.17) is 5.73 Å². The highest BCUT2D eigenvalue weighted by molar-refractivity contribution is 9.10. The van der Waals surface area contributed by atoms with Gasteiger partial charge in [-0.15, -0.1) is 0 Å². The van der Waals surface area contributed by atoms with Gasteiger partial charge in [0.25, 0.3) is 0 Å². The van der Waals surface area contributed by atoms with E-state index in [0.29, 0.717) is 13.0 Å². The lowest BCUT2D eigenvalue weighted by Crippen LogP contribution is -2.38. The molecule has 0 saturated carbocycles. The van der Waals surface area contributed by atoms with Crippen molar-refractivity contribution in [1.82, 2.24) is 0 Å². The number of carbonyl (C=O) groups excluding carboxylic acids is 1. The number of nitrogens with two attached hydrogens (primary N) is 1. The summed E-state index contributed by atoms with van der Waals surface area (Å²) in [6.45, 7) is 4.51. The van der Waals surface area contributed by atoms with Crippen molar-refractivity contribution in [1.29, 1.82) is 0 Å². The molecule has 0 fully saturated rings. The average Bonchev–Trinajstić information content (AvgIpc) is 2.32. The second kappa shape index (κ2) is 6.31. The third kappa shape index (κ3) is 3.39. The van der Waals surface area contributed by atoms with Crippen molar-refractivity contribution in [3.8, 4) is 0 Å². The lowest BCUT2D eigenvalue weighted by atomic mass is 9.76. The van der Waals surface area contributed by atoms with Gasteiger partial charge in [0.2, 0.25) is 0 Å². The predicted molar refractivity (Wildman–Crippen MR) is 74.9 cm³/mol. The molecule has 1 aromatic rings. The second-order valence-corrected chi connectivity index (χ2v) is 5.34. The van der Waals surface area contributed by atoms with E-state index in [0.717, 1.165) is 22.9 Å². The van der Waals surface area contributed by atoms with Crippen LogP contribution in [0.2, 0.25) is 0 Å². The zero-order chi connectivity index (χ0) is 12.9. The summed E-state index contributed by atoms with van der Waals surface area (Å²) in [6, 6.07) is 7.89. The molecule has 2 nitrogen and oxygen atoms in total. The van der Waals surface area contributed by atoms with Crippen molar-refractivity contribution in [3.05, 3.63) is 34.3 Å². The van der Waals surface area contributed by atoms with Crippen LogP contribution in [0.1, 0.15) is 32.3 Å². The van der Waals surface area contributed by atoms with Crippen LogP contribution in [-0.2, 0) is 11.2 Å². The normalized spacial score (nSPS) is 11.5. The van der Waals surface area contributed by atoms with Gasteiger partial charge in [-0.2, -0.15) is 0 Å². The molecule has 0 amide bonds. The zero-order valence-corrected chi connectivity index (χ0v) is 12.1. The highest BCUT2D eigenvalue weighted by Gasteiger charge is 2.32. The van der Waals surface area contributed by atoms with E-state index in [1.54, 1.807) is 0 Å². The number of rotatable bonds is 6. The van der Waals surface area contributed by atoms with Crippen LogP contribution < -0.4 is 5.73 Å². The molecular formula is C14H20BrNO. The molecule has 0 bridgehead atoms. The van der Waals surface area contributed by atoms with Crippen molar-refractivity contribution in [2.45, 2.75) is 33.1 Å². The molecule has 0 aliphatic rings. The Labute approximate surface area is 112 Å². The zero-order valence-electron chi connectivity index (χ0n) is 10.5. The fourth-order valence-electron chi connectivity index (χ4n) is 2.07. The van der Waals surface area contributed by atoms with Crippen LogP contribution in [0.25, 0.3) is 0 Å². The molecule has 0 radical (unpaired) electrons.